The third-order valence-electron chi connectivity index (χ3n) is 8.27. The smallest absolute Gasteiger partial charge is 0.267 e. The minimum Gasteiger partial charge on any atom is -0.381 e. The van der Waals surface area contributed by atoms with E-state index in [1.165, 1.54) is 9.08 Å². The first-order chi connectivity index (χ1) is 22.8. The van der Waals surface area contributed by atoms with Gasteiger partial charge in [0, 0.05) is 38.0 Å². The van der Waals surface area contributed by atoms with E-state index >= 15 is 0 Å². The number of nitrogens with two attached hydrogens (primary N) is 1. The van der Waals surface area contributed by atoms with Crippen molar-refractivity contribution in [1.82, 2.24) is 44.1 Å². The number of carbonyl (C=O) groups excluding carboxylic acids is 1. The molecule has 0 saturated carbocycles. The summed E-state index contributed by atoms with van der Waals surface area (Å²) in [7, 11) is 1.92. The monoisotopic (exact) mass is 628 g/mol. The fourth-order valence-corrected chi connectivity index (χ4v) is 5.73. The summed E-state index contributed by atoms with van der Waals surface area (Å²) in [5, 5.41) is 12.0. The number of amides is 1. The van der Waals surface area contributed by atoms with Gasteiger partial charge in [-0.3, -0.25) is 18.8 Å². The van der Waals surface area contributed by atoms with Gasteiger partial charge in [-0.1, -0.05) is 50.0 Å². The molecular weight excluding hydrogens is 592 g/mol. The lowest BCUT2D eigenvalue weighted by Gasteiger charge is -2.20. The molecule has 0 radical (unpaired) electrons. The Balaban J connectivity index is 1.42. The zero-order chi connectivity index (χ0) is 33.1. The minimum atomic E-state index is -0.698. The summed E-state index contributed by atoms with van der Waals surface area (Å²) in [5.41, 5.74) is 9.77. The molecule has 0 saturated heterocycles. The number of nitrogens with one attached hydrogen (secondary N) is 1. The number of benzene rings is 2. The Labute approximate surface area is 271 Å². The van der Waals surface area contributed by atoms with Crippen molar-refractivity contribution in [2.45, 2.75) is 33.2 Å². The maximum atomic E-state index is 14.4. The molecule has 4 heterocycles. The molecule has 3 N–H and O–H groups in total. The highest BCUT2D eigenvalue weighted by molar-refractivity contribution is 6.04. The lowest BCUT2D eigenvalue weighted by atomic mass is 10.1. The lowest BCUT2D eigenvalue weighted by molar-refractivity contribution is 0.0940. The number of hydrogen-bond acceptors (Lipinski definition) is 8. The Morgan fingerprint density at radius 1 is 1.04 bits per heavy atom. The van der Waals surface area contributed by atoms with Crippen LogP contribution in [0.4, 0.5) is 5.82 Å². The van der Waals surface area contributed by atoms with Crippen molar-refractivity contribution in [3.63, 3.8) is 0 Å². The van der Waals surface area contributed by atoms with Gasteiger partial charge in [0.1, 0.15) is 11.4 Å². The highest BCUT2D eigenvalue weighted by Gasteiger charge is 2.25. The highest BCUT2D eigenvalue weighted by Crippen LogP contribution is 2.22. The summed E-state index contributed by atoms with van der Waals surface area (Å²) in [4.78, 5) is 39.5. The number of hydrogen-bond donors (Lipinski definition) is 2. The van der Waals surface area contributed by atoms with E-state index in [0.29, 0.717) is 33.6 Å². The van der Waals surface area contributed by atoms with Gasteiger partial charge in [-0.2, -0.15) is 5.10 Å². The quantitative estimate of drug-likeness (QED) is 0.232. The van der Waals surface area contributed by atoms with Gasteiger partial charge in [0.2, 0.25) is 0 Å². The van der Waals surface area contributed by atoms with E-state index in [1.54, 1.807) is 37.6 Å². The maximum Gasteiger partial charge on any atom is 0.267 e. The second-order valence-electron chi connectivity index (χ2n) is 11.1. The van der Waals surface area contributed by atoms with Crippen LogP contribution in [0, 0.1) is 11.8 Å². The van der Waals surface area contributed by atoms with Gasteiger partial charge in [-0.15, -0.1) is 5.10 Å². The van der Waals surface area contributed by atoms with E-state index in [2.05, 4.69) is 51.1 Å². The number of nitrogens with zero attached hydrogens (tertiary/aromatic N) is 8. The summed E-state index contributed by atoms with van der Waals surface area (Å²) in [5.74, 6) is 6.44. The number of para-hydroxylation sites is 1. The molecule has 2 aromatic carbocycles. The summed E-state index contributed by atoms with van der Waals surface area (Å²) in [6.45, 7) is 8.93. The number of nitrogen functional groups attached to an aromatic ring is 1. The second-order valence-corrected chi connectivity index (χ2v) is 11.1. The predicted octanol–water partition coefficient (Wildman–Crippen LogP) is 3.52. The van der Waals surface area contributed by atoms with Gasteiger partial charge in [0.15, 0.2) is 11.5 Å². The summed E-state index contributed by atoms with van der Waals surface area (Å²) in [6, 6.07) is 15.6. The van der Waals surface area contributed by atoms with E-state index in [0.717, 1.165) is 37.3 Å². The molecule has 6 aromatic rings. The molecule has 1 atom stereocenters. The number of aromatic nitrogens is 7. The summed E-state index contributed by atoms with van der Waals surface area (Å²) < 4.78 is 4.83. The van der Waals surface area contributed by atoms with E-state index in [9.17, 15) is 9.59 Å². The van der Waals surface area contributed by atoms with Crippen LogP contribution in [0.3, 0.4) is 0 Å². The molecule has 4 aromatic heterocycles. The molecule has 0 fully saturated rings. The first-order valence-corrected chi connectivity index (χ1v) is 15.6. The SMILES string of the molecule is CCN(CC)CCc1c(C#Cc2cccc3nc(C(C)NC(=O)c4c(N)nn5cccnc45)n(-c4ccccc4)c(=O)c23)cnn1C. The van der Waals surface area contributed by atoms with Crippen LogP contribution in [0.5, 0.6) is 0 Å². The molecule has 12 nitrogen and oxygen atoms in total. The van der Waals surface area contributed by atoms with Gasteiger partial charge in [-0.25, -0.2) is 14.5 Å². The van der Waals surface area contributed by atoms with Crippen LogP contribution in [0.1, 0.15) is 59.8 Å². The molecule has 12 heteroatoms. The van der Waals surface area contributed by atoms with Crippen LogP contribution < -0.4 is 16.6 Å². The molecule has 238 valence electrons. The Morgan fingerprint density at radius 2 is 1.81 bits per heavy atom. The molecule has 1 amide bonds. The maximum absolute atomic E-state index is 14.4. The van der Waals surface area contributed by atoms with Crippen LogP contribution in [0.2, 0.25) is 0 Å². The molecule has 0 aliphatic rings. The van der Waals surface area contributed by atoms with Crippen molar-refractivity contribution in [1.29, 1.82) is 0 Å². The average molecular weight is 629 g/mol. The first kappa shape index (κ1) is 31.2. The van der Waals surface area contributed by atoms with Crippen molar-refractivity contribution in [3.8, 4) is 17.5 Å². The first-order valence-electron chi connectivity index (χ1n) is 15.6. The fraction of sp³-hybridized carbons (Fsp3) is 0.257. The molecule has 0 aliphatic heterocycles. The Bertz CT molecular complexity index is 2200. The predicted molar refractivity (Wildman–Crippen MR) is 181 cm³/mol. The number of fused-ring (bicyclic) bond motifs is 2. The molecule has 0 spiro atoms. The number of likely N-dealkylation sites (N-methyl/N-ethyl adjacent to an activating group) is 1. The zero-order valence-corrected chi connectivity index (χ0v) is 26.8. The van der Waals surface area contributed by atoms with E-state index in [-0.39, 0.29) is 16.9 Å². The third kappa shape index (κ3) is 6.08. The van der Waals surface area contributed by atoms with Crippen LogP contribution in [-0.2, 0) is 13.5 Å². The van der Waals surface area contributed by atoms with Gasteiger partial charge in [0.25, 0.3) is 11.5 Å². The van der Waals surface area contributed by atoms with Crippen LogP contribution in [0.25, 0.3) is 22.2 Å². The van der Waals surface area contributed by atoms with Crippen LogP contribution in [-0.4, -0.2) is 64.4 Å². The largest absolute Gasteiger partial charge is 0.381 e. The molecule has 0 aliphatic carbocycles. The van der Waals surface area contributed by atoms with Crippen molar-refractivity contribution < 1.29 is 4.79 Å². The van der Waals surface area contributed by atoms with Crippen molar-refractivity contribution in [3.05, 3.63) is 112 Å². The van der Waals surface area contributed by atoms with Crippen LogP contribution in [0.15, 0.2) is 78.0 Å². The topological polar surface area (TPSA) is 141 Å². The minimum absolute atomic E-state index is 0.0494. The molecular formula is C35H36N10O2. The molecule has 0 bridgehead atoms. The Hall–Kier alpha value is -5.80. The number of anilines is 1. The molecule has 6 rings (SSSR count). The Kier molecular flexibility index (Phi) is 8.81. The van der Waals surface area contributed by atoms with E-state index in [1.807, 2.05) is 54.2 Å². The average Bonchev–Trinajstić information content (AvgIpc) is 3.61. The van der Waals surface area contributed by atoms with E-state index < -0.39 is 11.9 Å². The molecule has 47 heavy (non-hydrogen) atoms. The number of carbonyl (C=O) groups is 1. The highest BCUT2D eigenvalue weighted by atomic mass is 16.2. The number of rotatable bonds is 9. The Morgan fingerprint density at radius 3 is 2.57 bits per heavy atom. The van der Waals surface area contributed by atoms with Gasteiger partial charge in [-0.05, 0) is 50.3 Å². The second kappa shape index (κ2) is 13.3. The number of aryl methyl sites for hydroxylation is 1. The van der Waals surface area contributed by atoms with Gasteiger partial charge >= 0.3 is 0 Å². The third-order valence-corrected chi connectivity index (χ3v) is 8.27. The summed E-state index contributed by atoms with van der Waals surface area (Å²) >= 11 is 0. The van der Waals surface area contributed by atoms with Crippen LogP contribution >= 0.6 is 0 Å². The zero-order valence-electron chi connectivity index (χ0n) is 26.8. The normalized spacial score (nSPS) is 11.9. The molecule has 1 unspecified atom stereocenters. The van der Waals surface area contributed by atoms with Gasteiger partial charge in [0.05, 0.1) is 40.1 Å². The van der Waals surface area contributed by atoms with Crippen molar-refractivity contribution >= 4 is 28.3 Å². The standard InChI is InChI=1S/C35H36N10O2/c1-5-43(6-2)21-18-28-25(22-38-42(28)4)17-16-24-12-10-15-27-29(24)35(47)45(26-13-8-7-9-14-26)32(40-27)23(3)39-34(46)30-31(36)41-44-20-11-19-37-33(30)44/h7-15,19-20,22-23H,5-6,18,21H2,1-4H3,(H2,36,41)(H,39,46). The van der Waals surface area contributed by atoms with Gasteiger partial charge < -0.3 is 16.0 Å². The van der Waals surface area contributed by atoms with Crippen molar-refractivity contribution in [2.75, 3.05) is 25.4 Å². The lowest BCUT2D eigenvalue weighted by Crippen LogP contribution is -2.33. The summed E-state index contributed by atoms with van der Waals surface area (Å²) in [6.07, 6.45) is 5.81. The van der Waals surface area contributed by atoms with E-state index in [4.69, 9.17) is 10.7 Å². The van der Waals surface area contributed by atoms with Crippen molar-refractivity contribution in [2.24, 2.45) is 7.05 Å². The fourth-order valence-electron chi connectivity index (χ4n) is 5.73.